The van der Waals surface area contributed by atoms with Crippen LogP contribution in [0.1, 0.15) is 30.8 Å². The van der Waals surface area contributed by atoms with Crippen LogP contribution < -0.4 is 0 Å². The first-order valence-electron chi connectivity index (χ1n) is 7.07. The van der Waals surface area contributed by atoms with Gasteiger partial charge in [-0.3, -0.25) is 9.58 Å². The predicted octanol–water partition coefficient (Wildman–Crippen LogP) is 2.93. The van der Waals surface area contributed by atoms with Gasteiger partial charge in [0, 0.05) is 38.4 Å². The second-order valence-electron chi connectivity index (χ2n) is 5.96. The first kappa shape index (κ1) is 14.4. The smallest absolute Gasteiger partial charge is 0.325 e. The molecule has 4 nitrogen and oxygen atoms in total. The van der Waals surface area contributed by atoms with Crippen molar-refractivity contribution >= 4 is 11.0 Å². The Hall–Kier alpha value is -1.50. The highest BCUT2D eigenvalue weighted by atomic mass is 19.4. The third-order valence-electron chi connectivity index (χ3n) is 4.38. The second-order valence-corrected chi connectivity index (χ2v) is 5.96. The van der Waals surface area contributed by atoms with E-state index < -0.39 is 11.9 Å². The van der Waals surface area contributed by atoms with Gasteiger partial charge in [0.25, 0.3) is 0 Å². The molecule has 2 aromatic rings. The number of halogens is 3. The van der Waals surface area contributed by atoms with Crippen molar-refractivity contribution in [2.75, 3.05) is 6.54 Å². The highest BCUT2D eigenvalue weighted by Gasteiger charge is 2.40. The van der Waals surface area contributed by atoms with Crippen molar-refractivity contribution in [3.63, 3.8) is 0 Å². The molecule has 0 N–H and O–H groups in total. The third kappa shape index (κ3) is 2.06. The van der Waals surface area contributed by atoms with Gasteiger partial charge < -0.3 is 4.57 Å². The largest absolute Gasteiger partial charge is 0.433 e. The predicted molar refractivity (Wildman–Crippen MR) is 74.0 cm³/mol. The van der Waals surface area contributed by atoms with E-state index in [1.165, 1.54) is 7.05 Å². The minimum Gasteiger partial charge on any atom is -0.325 e. The molecule has 21 heavy (non-hydrogen) atoms. The summed E-state index contributed by atoms with van der Waals surface area (Å²) in [6, 6.07) is 0.383. The van der Waals surface area contributed by atoms with Crippen LogP contribution in [0, 0.1) is 6.92 Å². The van der Waals surface area contributed by atoms with Crippen LogP contribution >= 0.6 is 0 Å². The van der Waals surface area contributed by atoms with Crippen molar-refractivity contribution < 1.29 is 13.2 Å². The molecule has 0 fully saturated rings. The number of hydrogen-bond donors (Lipinski definition) is 0. The van der Waals surface area contributed by atoms with Gasteiger partial charge in [-0.1, -0.05) is 0 Å². The number of rotatable bonds is 1. The standard InChI is InChI=1S/C14H19F3N4/c1-8(2)20-5-6-21-10(7-20)9(3)11-12(14(15,16)17)19(4)18-13(11)21/h8H,5-7H2,1-4H3. The van der Waals surface area contributed by atoms with Gasteiger partial charge in [-0.15, -0.1) is 0 Å². The van der Waals surface area contributed by atoms with E-state index in [0.29, 0.717) is 30.3 Å². The topological polar surface area (TPSA) is 26.0 Å². The van der Waals surface area contributed by atoms with Crippen molar-refractivity contribution in [1.29, 1.82) is 0 Å². The van der Waals surface area contributed by atoms with E-state index in [9.17, 15) is 13.2 Å². The molecule has 7 heteroatoms. The van der Waals surface area contributed by atoms with Crippen LogP contribution in [0.15, 0.2) is 0 Å². The van der Waals surface area contributed by atoms with E-state index in [1.807, 2.05) is 4.57 Å². The summed E-state index contributed by atoms with van der Waals surface area (Å²) in [5.41, 5.74) is 1.48. The maximum absolute atomic E-state index is 13.3. The number of fused-ring (bicyclic) bond motifs is 3. The van der Waals surface area contributed by atoms with Crippen LogP contribution in [0.4, 0.5) is 13.2 Å². The number of alkyl halides is 3. The maximum Gasteiger partial charge on any atom is 0.433 e. The van der Waals surface area contributed by atoms with Crippen LogP contribution in [0.5, 0.6) is 0 Å². The molecule has 3 heterocycles. The first-order valence-corrected chi connectivity index (χ1v) is 7.07. The first-order chi connectivity index (χ1) is 9.71. The van der Waals surface area contributed by atoms with Crippen molar-refractivity contribution in [3.8, 4) is 0 Å². The zero-order valence-corrected chi connectivity index (χ0v) is 12.6. The van der Waals surface area contributed by atoms with E-state index in [0.717, 1.165) is 16.9 Å². The van der Waals surface area contributed by atoms with Crippen molar-refractivity contribution in [2.24, 2.45) is 7.05 Å². The van der Waals surface area contributed by atoms with Crippen LogP contribution in [-0.2, 0) is 26.3 Å². The minimum atomic E-state index is -4.39. The van der Waals surface area contributed by atoms with E-state index in [2.05, 4.69) is 23.8 Å². The lowest BCUT2D eigenvalue weighted by Crippen LogP contribution is -2.38. The molecule has 0 radical (unpaired) electrons. The van der Waals surface area contributed by atoms with Crippen LogP contribution in [0.3, 0.4) is 0 Å². The zero-order valence-electron chi connectivity index (χ0n) is 12.6. The Labute approximate surface area is 121 Å². The molecule has 0 aromatic carbocycles. The van der Waals surface area contributed by atoms with E-state index in [4.69, 9.17) is 0 Å². The summed E-state index contributed by atoms with van der Waals surface area (Å²) in [7, 11) is 1.36. The SMILES string of the molecule is Cc1c2n(c3nn(C)c(C(F)(F)F)c13)CCN(C(C)C)C2. The molecule has 3 rings (SSSR count). The Kier molecular flexibility index (Phi) is 3.09. The minimum absolute atomic E-state index is 0.255. The van der Waals surface area contributed by atoms with Crippen molar-refractivity contribution in [3.05, 3.63) is 17.0 Å². The van der Waals surface area contributed by atoms with Gasteiger partial charge in [-0.05, 0) is 26.3 Å². The second kappa shape index (κ2) is 4.50. The molecule has 116 valence electrons. The summed E-state index contributed by atoms with van der Waals surface area (Å²) < 4.78 is 42.7. The summed E-state index contributed by atoms with van der Waals surface area (Å²) >= 11 is 0. The molecular weight excluding hydrogens is 281 g/mol. The maximum atomic E-state index is 13.3. The Morgan fingerprint density at radius 2 is 1.86 bits per heavy atom. The molecule has 0 atom stereocenters. The van der Waals surface area contributed by atoms with Gasteiger partial charge in [-0.2, -0.15) is 18.3 Å². The highest BCUT2D eigenvalue weighted by molar-refractivity contribution is 5.85. The fraction of sp³-hybridized carbons (Fsp3) is 0.643. The number of aromatic nitrogens is 3. The Balaban J connectivity index is 2.22. The molecule has 0 bridgehead atoms. The van der Waals surface area contributed by atoms with Crippen LogP contribution in [0.2, 0.25) is 0 Å². The van der Waals surface area contributed by atoms with Gasteiger partial charge in [0.2, 0.25) is 0 Å². The molecule has 0 spiro atoms. The Morgan fingerprint density at radius 1 is 1.19 bits per heavy atom. The highest BCUT2D eigenvalue weighted by Crippen LogP contribution is 2.39. The fourth-order valence-electron chi connectivity index (χ4n) is 3.23. The molecular formula is C14H19F3N4. The summed E-state index contributed by atoms with van der Waals surface area (Å²) in [6.07, 6.45) is -4.39. The average Bonchev–Trinajstić information content (AvgIpc) is 2.84. The summed E-state index contributed by atoms with van der Waals surface area (Å²) in [4.78, 5) is 2.27. The third-order valence-corrected chi connectivity index (χ3v) is 4.38. The molecule has 1 aliphatic heterocycles. The molecule has 0 amide bonds. The monoisotopic (exact) mass is 300 g/mol. The number of hydrogen-bond acceptors (Lipinski definition) is 2. The Morgan fingerprint density at radius 3 is 2.43 bits per heavy atom. The quantitative estimate of drug-likeness (QED) is 0.809. The van der Waals surface area contributed by atoms with Crippen molar-refractivity contribution in [2.45, 2.75) is 46.1 Å². The fourth-order valence-corrected chi connectivity index (χ4v) is 3.23. The zero-order chi connectivity index (χ0) is 15.5. The van der Waals surface area contributed by atoms with E-state index >= 15 is 0 Å². The van der Waals surface area contributed by atoms with Crippen molar-refractivity contribution in [1.82, 2.24) is 19.2 Å². The van der Waals surface area contributed by atoms with Crippen LogP contribution in [-0.4, -0.2) is 31.8 Å². The lowest BCUT2D eigenvalue weighted by molar-refractivity contribution is -0.142. The summed E-state index contributed by atoms with van der Waals surface area (Å²) in [6.45, 7) is 8.19. The molecule has 1 aliphatic rings. The number of aryl methyl sites for hydroxylation is 2. The molecule has 0 aliphatic carbocycles. The number of nitrogens with zero attached hydrogens (tertiary/aromatic N) is 4. The van der Waals surface area contributed by atoms with Gasteiger partial charge in [0.15, 0.2) is 11.3 Å². The normalized spacial score (nSPS) is 17.0. The van der Waals surface area contributed by atoms with Gasteiger partial charge in [0.1, 0.15) is 0 Å². The summed E-state index contributed by atoms with van der Waals surface area (Å²) in [5, 5.41) is 4.38. The lowest BCUT2D eigenvalue weighted by Gasteiger charge is -2.32. The lowest BCUT2D eigenvalue weighted by atomic mass is 10.1. The molecule has 0 unspecified atom stereocenters. The van der Waals surface area contributed by atoms with E-state index in [1.54, 1.807) is 6.92 Å². The van der Waals surface area contributed by atoms with Gasteiger partial charge in [0.05, 0.1) is 5.39 Å². The van der Waals surface area contributed by atoms with Gasteiger partial charge >= 0.3 is 6.18 Å². The van der Waals surface area contributed by atoms with E-state index in [-0.39, 0.29) is 5.39 Å². The van der Waals surface area contributed by atoms with Crippen LogP contribution in [0.25, 0.3) is 11.0 Å². The average molecular weight is 300 g/mol. The Bertz CT molecular complexity index is 693. The molecule has 0 saturated carbocycles. The molecule has 0 saturated heterocycles. The van der Waals surface area contributed by atoms with Gasteiger partial charge in [-0.25, -0.2) is 0 Å². The molecule has 2 aromatic heterocycles. The summed E-state index contributed by atoms with van der Waals surface area (Å²) in [5.74, 6) is 0.